The number of likely N-dealkylation sites (tertiary alicyclic amines) is 2. The number of esters is 1. The van der Waals surface area contributed by atoms with Gasteiger partial charge in [0, 0.05) is 6.54 Å². The van der Waals surface area contributed by atoms with E-state index in [1.807, 2.05) is 0 Å². The fourth-order valence-electron chi connectivity index (χ4n) is 2.81. The predicted octanol–water partition coefficient (Wildman–Crippen LogP) is 0.966. The van der Waals surface area contributed by atoms with Crippen molar-refractivity contribution >= 4 is 5.97 Å². The minimum atomic E-state index is -0.0559. The van der Waals surface area contributed by atoms with Crippen molar-refractivity contribution in [3.63, 3.8) is 0 Å². The summed E-state index contributed by atoms with van der Waals surface area (Å²) in [4.78, 5) is 16.1. The fourth-order valence-corrected chi connectivity index (χ4v) is 2.81. The number of carbonyl (C=O) groups is 1. The molecule has 17 heavy (non-hydrogen) atoms. The molecule has 0 spiro atoms. The molecular formula is C13H24N2O2. The van der Waals surface area contributed by atoms with Gasteiger partial charge in [-0.3, -0.25) is 9.69 Å². The lowest BCUT2D eigenvalue weighted by atomic mass is 9.92. The number of methoxy groups -OCH3 is 1. The lowest BCUT2D eigenvalue weighted by Gasteiger charge is -2.40. The first kappa shape index (κ1) is 12.8. The number of nitrogens with zero attached hydrogens (tertiary/aromatic N) is 2. The number of rotatable bonds is 4. The second kappa shape index (κ2) is 5.83. The summed E-state index contributed by atoms with van der Waals surface area (Å²) in [7, 11) is 3.68. The number of hydrogen-bond acceptors (Lipinski definition) is 4. The topological polar surface area (TPSA) is 32.8 Å². The van der Waals surface area contributed by atoms with Gasteiger partial charge < -0.3 is 9.64 Å². The average Bonchev–Trinajstić information content (AvgIpc) is 2.30. The van der Waals surface area contributed by atoms with Gasteiger partial charge in [0.25, 0.3) is 0 Å². The lowest BCUT2D eigenvalue weighted by Crippen LogP contribution is -2.53. The van der Waals surface area contributed by atoms with Gasteiger partial charge in [-0.15, -0.1) is 0 Å². The van der Waals surface area contributed by atoms with Gasteiger partial charge in [0.15, 0.2) is 0 Å². The highest BCUT2D eigenvalue weighted by Gasteiger charge is 2.34. The molecule has 0 amide bonds. The monoisotopic (exact) mass is 240 g/mol. The first-order valence-corrected chi connectivity index (χ1v) is 6.71. The van der Waals surface area contributed by atoms with E-state index in [1.165, 1.54) is 39.5 Å². The number of piperidine rings is 1. The van der Waals surface area contributed by atoms with E-state index in [-0.39, 0.29) is 12.0 Å². The lowest BCUT2D eigenvalue weighted by molar-refractivity contribution is -0.152. The van der Waals surface area contributed by atoms with E-state index >= 15 is 0 Å². The highest BCUT2D eigenvalue weighted by atomic mass is 16.5. The van der Waals surface area contributed by atoms with Crippen LogP contribution in [0.2, 0.25) is 0 Å². The van der Waals surface area contributed by atoms with Crippen LogP contribution >= 0.6 is 0 Å². The Bertz CT molecular complexity index is 262. The minimum absolute atomic E-state index is 0.0475. The van der Waals surface area contributed by atoms with Gasteiger partial charge in [-0.25, -0.2) is 0 Å². The molecule has 0 aliphatic carbocycles. The Kier molecular flexibility index (Phi) is 4.40. The molecule has 4 nitrogen and oxygen atoms in total. The van der Waals surface area contributed by atoms with E-state index in [0.717, 1.165) is 25.4 Å². The fraction of sp³-hybridized carbons (Fsp3) is 0.923. The van der Waals surface area contributed by atoms with Crippen LogP contribution in [-0.2, 0) is 9.53 Å². The van der Waals surface area contributed by atoms with Crippen LogP contribution in [0.15, 0.2) is 0 Å². The van der Waals surface area contributed by atoms with Gasteiger partial charge in [-0.05, 0) is 58.3 Å². The SMILES string of the molecule is COC(=O)C1CCN1CCC1CCN(C)CC1. The predicted molar refractivity (Wildman–Crippen MR) is 66.8 cm³/mol. The third-order valence-corrected chi connectivity index (χ3v) is 4.27. The zero-order valence-corrected chi connectivity index (χ0v) is 11.0. The molecule has 2 heterocycles. The van der Waals surface area contributed by atoms with Crippen LogP contribution in [0.5, 0.6) is 0 Å². The maximum Gasteiger partial charge on any atom is 0.323 e. The van der Waals surface area contributed by atoms with Crippen LogP contribution in [0.25, 0.3) is 0 Å². The van der Waals surface area contributed by atoms with Crippen LogP contribution < -0.4 is 0 Å². The number of hydrogen-bond donors (Lipinski definition) is 0. The molecule has 2 fully saturated rings. The van der Waals surface area contributed by atoms with Crippen LogP contribution in [0.1, 0.15) is 25.7 Å². The van der Waals surface area contributed by atoms with E-state index in [9.17, 15) is 4.79 Å². The first-order chi connectivity index (χ1) is 8.20. The highest BCUT2D eigenvalue weighted by molar-refractivity contribution is 5.76. The molecule has 0 aromatic heterocycles. The van der Waals surface area contributed by atoms with E-state index < -0.39 is 0 Å². The zero-order valence-electron chi connectivity index (χ0n) is 11.0. The smallest absolute Gasteiger partial charge is 0.323 e. The van der Waals surface area contributed by atoms with Gasteiger partial charge in [0.05, 0.1) is 7.11 Å². The molecule has 2 rings (SSSR count). The normalized spacial score (nSPS) is 27.8. The van der Waals surface area contributed by atoms with Crippen molar-refractivity contribution in [3.8, 4) is 0 Å². The highest BCUT2D eigenvalue weighted by Crippen LogP contribution is 2.24. The third kappa shape index (κ3) is 3.19. The summed E-state index contributed by atoms with van der Waals surface area (Å²) in [6.07, 6.45) is 4.84. The summed E-state index contributed by atoms with van der Waals surface area (Å²) in [6, 6.07) is 0.0475. The van der Waals surface area contributed by atoms with Crippen molar-refractivity contribution in [1.29, 1.82) is 0 Å². The van der Waals surface area contributed by atoms with Gasteiger partial charge in [-0.2, -0.15) is 0 Å². The van der Waals surface area contributed by atoms with E-state index in [0.29, 0.717) is 0 Å². The minimum Gasteiger partial charge on any atom is -0.468 e. The first-order valence-electron chi connectivity index (χ1n) is 6.71. The number of ether oxygens (including phenoxy) is 1. The molecule has 2 saturated heterocycles. The summed E-state index contributed by atoms with van der Waals surface area (Å²) in [5, 5.41) is 0. The molecule has 0 aromatic carbocycles. The Morgan fingerprint density at radius 2 is 1.94 bits per heavy atom. The maximum absolute atomic E-state index is 11.4. The van der Waals surface area contributed by atoms with Gasteiger partial charge in [-0.1, -0.05) is 0 Å². The average molecular weight is 240 g/mol. The molecule has 0 aromatic rings. The molecule has 0 N–H and O–H groups in total. The maximum atomic E-state index is 11.4. The second-order valence-electron chi connectivity index (χ2n) is 5.40. The van der Waals surface area contributed by atoms with E-state index in [1.54, 1.807) is 0 Å². The largest absolute Gasteiger partial charge is 0.468 e. The van der Waals surface area contributed by atoms with Gasteiger partial charge >= 0.3 is 5.97 Å². The summed E-state index contributed by atoms with van der Waals surface area (Å²) >= 11 is 0. The molecule has 0 radical (unpaired) electrons. The summed E-state index contributed by atoms with van der Waals surface area (Å²) in [6.45, 7) is 4.58. The molecule has 0 saturated carbocycles. The molecule has 4 heteroatoms. The van der Waals surface area contributed by atoms with Gasteiger partial charge in [0.1, 0.15) is 6.04 Å². The molecule has 0 bridgehead atoms. The van der Waals surface area contributed by atoms with Crippen molar-refractivity contribution in [2.75, 3.05) is 40.3 Å². The summed E-state index contributed by atoms with van der Waals surface area (Å²) < 4.78 is 4.80. The second-order valence-corrected chi connectivity index (χ2v) is 5.40. The van der Waals surface area contributed by atoms with Gasteiger partial charge in [0.2, 0.25) is 0 Å². The Morgan fingerprint density at radius 3 is 2.47 bits per heavy atom. The molecular weight excluding hydrogens is 216 g/mol. The van der Waals surface area contributed by atoms with Crippen molar-refractivity contribution in [1.82, 2.24) is 9.80 Å². The molecule has 1 atom stereocenters. The van der Waals surface area contributed by atoms with Crippen LogP contribution in [0.4, 0.5) is 0 Å². The van der Waals surface area contributed by atoms with Crippen LogP contribution in [0, 0.1) is 5.92 Å². The molecule has 1 unspecified atom stereocenters. The van der Waals surface area contributed by atoms with Crippen molar-refractivity contribution in [2.24, 2.45) is 5.92 Å². The Morgan fingerprint density at radius 1 is 1.24 bits per heavy atom. The zero-order chi connectivity index (χ0) is 12.3. The van der Waals surface area contributed by atoms with Crippen LogP contribution in [-0.4, -0.2) is 62.1 Å². The Balaban J connectivity index is 1.67. The van der Waals surface area contributed by atoms with Crippen molar-refractivity contribution < 1.29 is 9.53 Å². The summed E-state index contributed by atoms with van der Waals surface area (Å²) in [5.74, 6) is 0.796. The standard InChI is InChI=1S/C13H24N2O2/c1-14-7-3-11(4-8-14)5-9-15-10-6-12(15)13(16)17-2/h11-12H,3-10H2,1-2H3. The Labute approximate surface area is 104 Å². The summed E-state index contributed by atoms with van der Waals surface area (Å²) in [5.41, 5.74) is 0. The third-order valence-electron chi connectivity index (χ3n) is 4.27. The van der Waals surface area contributed by atoms with Crippen LogP contribution in [0.3, 0.4) is 0 Å². The van der Waals surface area contributed by atoms with Crippen molar-refractivity contribution in [2.45, 2.75) is 31.7 Å². The van der Waals surface area contributed by atoms with Crippen molar-refractivity contribution in [3.05, 3.63) is 0 Å². The number of carbonyl (C=O) groups excluding carboxylic acids is 1. The van der Waals surface area contributed by atoms with E-state index in [4.69, 9.17) is 4.74 Å². The Hall–Kier alpha value is -0.610. The molecule has 2 aliphatic rings. The van der Waals surface area contributed by atoms with E-state index in [2.05, 4.69) is 16.8 Å². The molecule has 2 aliphatic heterocycles. The quantitative estimate of drug-likeness (QED) is 0.685. The molecule has 98 valence electrons.